The van der Waals surface area contributed by atoms with E-state index in [0.29, 0.717) is 18.4 Å². The Morgan fingerprint density at radius 2 is 1.96 bits per heavy atom. The van der Waals surface area contributed by atoms with Gasteiger partial charge in [-0.1, -0.05) is 30.3 Å². The molecule has 0 N–H and O–H groups in total. The highest BCUT2D eigenvalue weighted by atomic mass is 32.1. The van der Waals surface area contributed by atoms with Crippen LogP contribution < -0.4 is 0 Å². The normalized spacial score (nSPS) is 23.2. The van der Waals surface area contributed by atoms with Gasteiger partial charge in [0.1, 0.15) is 0 Å². The molecule has 2 atom stereocenters. The van der Waals surface area contributed by atoms with Crippen molar-refractivity contribution in [3.05, 3.63) is 51.5 Å². The molecule has 2 bridgehead atoms. The van der Waals surface area contributed by atoms with Gasteiger partial charge in [-0.05, 0) is 38.2 Å². The second-order valence-electron chi connectivity index (χ2n) is 7.73. The third-order valence-corrected chi connectivity index (χ3v) is 6.79. The topological polar surface area (TPSA) is 36.4 Å². The van der Waals surface area contributed by atoms with Crippen molar-refractivity contribution in [3.8, 4) is 0 Å². The highest BCUT2D eigenvalue weighted by Gasteiger charge is 2.36. The molecule has 0 radical (unpaired) electrons. The van der Waals surface area contributed by atoms with Gasteiger partial charge in [0.25, 0.3) is 0 Å². The minimum absolute atomic E-state index is 0.273. The van der Waals surface area contributed by atoms with Crippen LogP contribution in [0.2, 0.25) is 0 Å². The number of aromatic nitrogens is 1. The Labute approximate surface area is 159 Å². The van der Waals surface area contributed by atoms with Gasteiger partial charge in [-0.25, -0.2) is 4.98 Å². The molecule has 5 rings (SSSR count). The second kappa shape index (κ2) is 7.49. The number of hydrogen-bond acceptors (Lipinski definition) is 4. The first-order valence-corrected chi connectivity index (χ1v) is 10.4. The van der Waals surface area contributed by atoms with Crippen molar-refractivity contribution in [1.29, 1.82) is 0 Å². The number of hydrogen-bond donors (Lipinski definition) is 0. The summed E-state index contributed by atoms with van der Waals surface area (Å²) < 4.78 is 0. The summed E-state index contributed by atoms with van der Waals surface area (Å²) in [4.78, 5) is 23.3. The zero-order valence-electron chi connectivity index (χ0n) is 15.6. The van der Waals surface area contributed by atoms with E-state index in [0.717, 1.165) is 41.8 Å². The van der Waals surface area contributed by atoms with Crippen LogP contribution in [-0.2, 0) is 17.8 Å². The molecule has 3 aliphatic heterocycles. The Morgan fingerprint density at radius 1 is 1.15 bits per heavy atom. The smallest absolute Gasteiger partial charge is 0.227 e. The van der Waals surface area contributed by atoms with Crippen molar-refractivity contribution >= 4 is 17.2 Å². The van der Waals surface area contributed by atoms with E-state index >= 15 is 0 Å². The molecule has 26 heavy (non-hydrogen) atoms. The Hall–Kier alpha value is -1.72. The lowest BCUT2D eigenvalue weighted by Gasteiger charge is -2.36. The van der Waals surface area contributed by atoms with Crippen LogP contribution in [-0.4, -0.2) is 46.4 Å². The lowest BCUT2D eigenvalue weighted by Crippen LogP contribution is -2.44. The summed E-state index contributed by atoms with van der Waals surface area (Å²) >= 11 is 1.66. The summed E-state index contributed by atoms with van der Waals surface area (Å²) in [5.74, 6) is 0.876. The van der Waals surface area contributed by atoms with E-state index in [1.54, 1.807) is 11.3 Å². The molecule has 4 nitrogen and oxygen atoms in total. The maximum atomic E-state index is 13.0. The monoisotopic (exact) mass is 369 g/mol. The maximum Gasteiger partial charge on any atom is 0.227 e. The standard InChI is InChI=1S/C21H27N3OS/c1-15-20(26-16(2)22-15)10-21(25)24-13-18-8-9-19(14-24)23(12-18)11-17-6-4-3-5-7-17/h3-7,18-19H,8-14H2,1-2H3/t18-,19-/m1/s1. The molecule has 2 aromatic rings. The summed E-state index contributed by atoms with van der Waals surface area (Å²) in [7, 11) is 0. The Balaban J connectivity index is 1.44. The van der Waals surface area contributed by atoms with Gasteiger partial charge in [0.2, 0.25) is 5.91 Å². The van der Waals surface area contributed by atoms with E-state index in [1.807, 2.05) is 13.8 Å². The molecule has 5 heteroatoms. The number of carbonyl (C=O) groups excluding carboxylic acids is 1. The lowest BCUT2D eigenvalue weighted by atomic mass is 9.94. The van der Waals surface area contributed by atoms with Crippen LogP contribution >= 0.6 is 11.3 Å². The molecule has 4 heterocycles. The fourth-order valence-corrected chi connectivity index (χ4v) is 5.31. The zero-order chi connectivity index (χ0) is 18.1. The molecule has 3 saturated heterocycles. The molecule has 3 fully saturated rings. The van der Waals surface area contributed by atoms with Gasteiger partial charge in [-0.2, -0.15) is 0 Å². The number of nitrogens with zero attached hydrogens (tertiary/aromatic N) is 3. The Bertz CT molecular complexity index is 773. The van der Waals surface area contributed by atoms with Crippen molar-refractivity contribution in [3.63, 3.8) is 0 Å². The third-order valence-electron chi connectivity index (χ3n) is 5.72. The van der Waals surface area contributed by atoms with E-state index in [4.69, 9.17) is 0 Å². The molecule has 3 aliphatic rings. The number of thiazole rings is 1. The average Bonchev–Trinajstić information content (AvgIpc) is 2.80. The minimum Gasteiger partial charge on any atom is -0.340 e. The van der Waals surface area contributed by atoms with Gasteiger partial charge in [-0.15, -0.1) is 11.3 Å². The summed E-state index contributed by atoms with van der Waals surface area (Å²) in [6.45, 7) is 7.93. The van der Waals surface area contributed by atoms with Crippen molar-refractivity contribution < 1.29 is 4.79 Å². The first kappa shape index (κ1) is 17.7. The van der Waals surface area contributed by atoms with Crippen LogP contribution in [0, 0.1) is 19.8 Å². The van der Waals surface area contributed by atoms with Gasteiger partial charge in [0, 0.05) is 37.1 Å². The van der Waals surface area contributed by atoms with Crippen molar-refractivity contribution in [2.75, 3.05) is 19.6 Å². The zero-order valence-corrected chi connectivity index (χ0v) is 16.5. The summed E-state index contributed by atoms with van der Waals surface area (Å²) in [5.41, 5.74) is 2.39. The van der Waals surface area contributed by atoms with Crippen LogP contribution in [0.1, 0.15) is 34.0 Å². The molecule has 1 aromatic heterocycles. The number of piperidine rings is 1. The summed E-state index contributed by atoms with van der Waals surface area (Å²) in [5, 5.41) is 1.05. The van der Waals surface area contributed by atoms with Gasteiger partial charge in [0.05, 0.1) is 17.1 Å². The van der Waals surface area contributed by atoms with E-state index in [2.05, 4.69) is 45.1 Å². The number of amides is 1. The predicted molar refractivity (Wildman–Crippen MR) is 105 cm³/mol. The number of aryl methyl sites for hydroxylation is 2. The molecule has 0 spiro atoms. The van der Waals surface area contributed by atoms with E-state index in [9.17, 15) is 4.79 Å². The van der Waals surface area contributed by atoms with Crippen LogP contribution in [0.25, 0.3) is 0 Å². The predicted octanol–water partition coefficient (Wildman–Crippen LogP) is 3.43. The number of carbonyl (C=O) groups is 1. The maximum absolute atomic E-state index is 13.0. The van der Waals surface area contributed by atoms with Crippen LogP contribution in [0.4, 0.5) is 0 Å². The van der Waals surface area contributed by atoms with Crippen molar-refractivity contribution in [2.24, 2.45) is 5.92 Å². The number of rotatable bonds is 4. The van der Waals surface area contributed by atoms with E-state index in [1.165, 1.54) is 18.4 Å². The van der Waals surface area contributed by atoms with Gasteiger partial charge in [-0.3, -0.25) is 9.69 Å². The molecule has 0 unspecified atom stereocenters. The molecular weight excluding hydrogens is 342 g/mol. The van der Waals surface area contributed by atoms with Gasteiger partial charge >= 0.3 is 0 Å². The molecule has 138 valence electrons. The average molecular weight is 370 g/mol. The lowest BCUT2D eigenvalue weighted by molar-refractivity contribution is -0.130. The summed E-state index contributed by atoms with van der Waals surface area (Å²) in [6.07, 6.45) is 2.97. The molecule has 0 saturated carbocycles. The highest BCUT2D eigenvalue weighted by molar-refractivity contribution is 7.11. The van der Waals surface area contributed by atoms with Crippen LogP contribution in [0.15, 0.2) is 30.3 Å². The molecule has 0 aliphatic carbocycles. The van der Waals surface area contributed by atoms with Crippen molar-refractivity contribution in [1.82, 2.24) is 14.8 Å². The van der Waals surface area contributed by atoms with Crippen LogP contribution in [0.3, 0.4) is 0 Å². The fraction of sp³-hybridized carbons (Fsp3) is 0.524. The largest absolute Gasteiger partial charge is 0.340 e. The van der Waals surface area contributed by atoms with E-state index < -0.39 is 0 Å². The SMILES string of the molecule is Cc1nc(C)c(CC(=O)N2C[C@@H]3CC[C@H](C2)N(Cc2ccccc2)C3)s1. The quantitative estimate of drug-likeness (QED) is 0.828. The first-order valence-electron chi connectivity index (χ1n) is 9.57. The van der Waals surface area contributed by atoms with Crippen LogP contribution in [0.5, 0.6) is 0 Å². The summed E-state index contributed by atoms with van der Waals surface area (Å²) in [6, 6.07) is 11.2. The Kier molecular flexibility index (Phi) is 5.09. The third kappa shape index (κ3) is 3.84. The molecule has 1 aromatic carbocycles. The molecule has 1 amide bonds. The second-order valence-corrected chi connectivity index (χ2v) is 9.02. The Morgan fingerprint density at radius 3 is 2.69 bits per heavy atom. The first-order chi connectivity index (χ1) is 12.6. The van der Waals surface area contributed by atoms with E-state index in [-0.39, 0.29) is 5.91 Å². The number of benzene rings is 1. The minimum atomic E-state index is 0.273. The molecular formula is C21H27N3OS. The van der Waals surface area contributed by atoms with Crippen molar-refractivity contribution in [2.45, 2.75) is 45.7 Å². The number of fused-ring (bicyclic) bond motifs is 4. The van der Waals surface area contributed by atoms with Gasteiger partial charge < -0.3 is 4.90 Å². The fourth-order valence-electron chi connectivity index (χ4n) is 4.38. The highest BCUT2D eigenvalue weighted by Crippen LogP contribution is 2.30. The van der Waals surface area contributed by atoms with Gasteiger partial charge in [0.15, 0.2) is 0 Å².